The van der Waals surface area contributed by atoms with E-state index < -0.39 is 0 Å². The fourth-order valence-corrected chi connectivity index (χ4v) is 6.57. The van der Waals surface area contributed by atoms with Gasteiger partial charge in [-0.25, -0.2) is 0 Å². The van der Waals surface area contributed by atoms with Crippen molar-refractivity contribution in [2.45, 2.75) is 96.2 Å². The van der Waals surface area contributed by atoms with Crippen molar-refractivity contribution in [3.63, 3.8) is 0 Å². The van der Waals surface area contributed by atoms with Gasteiger partial charge in [0, 0.05) is 29.2 Å². The Balaban J connectivity index is 1.88. The van der Waals surface area contributed by atoms with E-state index in [1.54, 1.807) is 0 Å². The molecule has 0 aromatic heterocycles. The van der Waals surface area contributed by atoms with Crippen molar-refractivity contribution in [3.8, 4) is 0 Å². The second-order valence-electron chi connectivity index (χ2n) is 10.6. The van der Waals surface area contributed by atoms with Crippen LogP contribution in [0, 0.1) is 23.7 Å². The van der Waals surface area contributed by atoms with Gasteiger partial charge in [-0.05, 0) is 79.2 Å². The topological polar surface area (TPSA) is 38.3 Å². The Hall–Kier alpha value is 0.0149. The van der Waals surface area contributed by atoms with Gasteiger partial charge in [-0.3, -0.25) is 4.79 Å². The molecule has 0 aliphatic heterocycles. The molecule has 5 atom stereocenters. The average molecular weight is 452 g/mol. The molecule has 30 heavy (non-hydrogen) atoms. The lowest BCUT2D eigenvalue weighted by Crippen LogP contribution is -2.44. The van der Waals surface area contributed by atoms with Gasteiger partial charge in [0.05, 0.1) is 5.60 Å². The predicted molar refractivity (Wildman–Crippen MR) is 136 cm³/mol. The zero-order valence-corrected chi connectivity index (χ0v) is 22.0. The van der Waals surface area contributed by atoms with E-state index in [1.807, 2.05) is 7.48 Å². The van der Waals surface area contributed by atoms with Crippen LogP contribution in [0.5, 0.6) is 0 Å². The molecule has 0 heterocycles. The first kappa shape index (κ1) is 26.3. The highest BCUT2D eigenvalue weighted by Gasteiger charge is 2.48. The van der Waals surface area contributed by atoms with Crippen LogP contribution in [0.15, 0.2) is 12.3 Å². The number of ketones is 1. The van der Waals surface area contributed by atoms with Gasteiger partial charge in [-0.15, -0.1) is 0 Å². The minimum absolute atomic E-state index is 0.177. The highest BCUT2D eigenvalue weighted by molar-refractivity contribution is 7.81. The van der Waals surface area contributed by atoms with Crippen molar-refractivity contribution in [2.24, 2.45) is 23.7 Å². The molecule has 0 aromatic carbocycles. The second-order valence-corrected chi connectivity index (χ2v) is 13.8. The molecule has 2 aliphatic rings. The molecular formula is C24H44BNO2PS. The normalized spacial score (nSPS) is 27.8. The van der Waals surface area contributed by atoms with Gasteiger partial charge in [-0.1, -0.05) is 39.1 Å². The lowest BCUT2D eigenvalue weighted by molar-refractivity contribution is -0.118. The SMILES string of the molecule is C=C(NP(C)CCCC)C1CC2CC(=O)CC2C1CCC[B]OC(C)(C)C(C)(C)S. The molecule has 6 heteroatoms. The summed E-state index contributed by atoms with van der Waals surface area (Å²) in [5, 5.41) is 3.77. The molecule has 0 saturated heterocycles. The smallest absolute Gasteiger partial charge is 0.293 e. The Kier molecular flexibility index (Phi) is 9.84. The number of nitrogens with one attached hydrogen (secondary N) is 1. The molecule has 1 N–H and O–H groups in total. The van der Waals surface area contributed by atoms with Gasteiger partial charge in [0.2, 0.25) is 0 Å². The number of hydrogen-bond donors (Lipinski definition) is 2. The predicted octanol–water partition coefficient (Wildman–Crippen LogP) is 6.47. The summed E-state index contributed by atoms with van der Waals surface area (Å²) in [6, 6.07) is 0. The van der Waals surface area contributed by atoms with Gasteiger partial charge in [0.25, 0.3) is 7.48 Å². The van der Waals surface area contributed by atoms with E-state index in [9.17, 15) is 4.79 Å². The second kappa shape index (κ2) is 11.2. The summed E-state index contributed by atoms with van der Waals surface area (Å²) in [6.07, 6.45) is 9.72. The molecule has 2 saturated carbocycles. The Labute approximate surface area is 193 Å². The van der Waals surface area contributed by atoms with Crippen LogP contribution >= 0.6 is 20.7 Å². The molecule has 0 bridgehead atoms. The van der Waals surface area contributed by atoms with Crippen LogP contribution in [0.4, 0.5) is 0 Å². The van der Waals surface area contributed by atoms with E-state index in [4.69, 9.17) is 4.65 Å². The zero-order chi connectivity index (χ0) is 22.5. The number of Topliss-reactive ketones (excluding diaryl/α,β-unsaturated/α-hetero) is 1. The fourth-order valence-electron chi connectivity index (χ4n) is 4.96. The third-order valence-electron chi connectivity index (χ3n) is 7.52. The summed E-state index contributed by atoms with van der Waals surface area (Å²) < 4.78 is 5.85. The summed E-state index contributed by atoms with van der Waals surface area (Å²) in [5.74, 6) is 2.72. The largest absolute Gasteiger partial charge is 0.434 e. The molecule has 171 valence electrons. The number of rotatable bonds is 13. The standard InChI is InChI=1S/C24H44BNO2PS/c1-8-9-13-29(7)26-17(2)21-15-18-14-19(27)16-22(18)20(21)11-10-12-25-28-23(3,4)24(5,6)30/h18,20-22,26,30H,2,8-16H2,1,3-7H3. The molecule has 2 rings (SSSR count). The summed E-state index contributed by atoms with van der Waals surface area (Å²) >= 11 is 4.67. The van der Waals surface area contributed by atoms with E-state index >= 15 is 0 Å². The molecule has 0 aromatic rings. The Morgan fingerprint density at radius 1 is 1.30 bits per heavy atom. The zero-order valence-electron chi connectivity index (χ0n) is 20.2. The number of fused-ring (bicyclic) bond motifs is 1. The minimum atomic E-state index is -0.302. The number of carbonyl (C=O) groups is 1. The van der Waals surface area contributed by atoms with Crippen LogP contribution in [-0.2, 0) is 9.45 Å². The van der Waals surface area contributed by atoms with Crippen molar-refractivity contribution in [2.75, 3.05) is 12.8 Å². The molecule has 5 unspecified atom stereocenters. The monoisotopic (exact) mass is 452 g/mol. The van der Waals surface area contributed by atoms with E-state index in [1.165, 1.54) is 24.7 Å². The number of allylic oxidation sites excluding steroid dienone is 1. The average Bonchev–Trinajstić information content (AvgIpc) is 3.15. The van der Waals surface area contributed by atoms with Gasteiger partial charge < -0.3 is 9.74 Å². The number of unbranched alkanes of at least 4 members (excludes halogenated alkanes) is 1. The van der Waals surface area contributed by atoms with Gasteiger partial charge in [0.1, 0.15) is 5.78 Å². The van der Waals surface area contributed by atoms with Crippen LogP contribution in [-0.4, -0.2) is 36.4 Å². The summed E-state index contributed by atoms with van der Waals surface area (Å²) in [6.45, 7) is 17.4. The highest BCUT2D eigenvalue weighted by atomic mass is 32.1. The van der Waals surface area contributed by atoms with Crippen LogP contribution in [0.1, 0.15) is 79.6 Å². The first-order chi connectivity index (χ1) is 14.0. The van der Waals surface area contributed by atoms with E-state index in [0.29, 0.717) is 29.5 Å². The van der Waals surface area contributed by atoms with Gasteiger partial charge in [-0.2, -0.15) is 12.6 Å². The number of thiol groups is 1. The van der Waals surface area contributed by atoms with Crippen molar-refractivity contribution in [3.05, 3.63) is 12.3 Å². The first-order valence-corrected chi connectivity index (χ1v) is 14.3. The van der Waals surface area contributed by atoms with Crippen molar-refractivity contribution in [1.82, 2.24) is 5.09 Å². The number of carbonyl (C=O) groups excluding carboxylic acids is 1. The summed E-state index contributed by atoms with van der Waals surface area (Å²) in [7, 11) is 1.80. The third kappa shape index (κ3) is 7.01. The van der Waals surface area contributed by atoms with Crippen LogP contribution in [0.3, 0.4) is 0 Å². The summed E-state index contributed by atoms with van der Waals surface area (Å²) in [5.41, 5.74) is 0.939. The quantitative estimate of drug-likeness (QED) is 0.146. The Bertz CT molecular complexity index is 592. The molecule has 1 radical (unpaired) electrons. The van der Waals surface area contributed by atoms with Crippen molar-refractivity contribution >= 4 is 34.0 Å². The molecule has 2 aliphatic carbocycles. The minimum Gasteiger partial charge on any atom is -0.434 e. The third-order valence-corrected chi connectivity index (χ3v) is 9.72. The first-order valence-electron chi connectivity index (χ1n) is 11.9. The van der Waals surface area contributed by atoms with Gasteiger partial charge in [0.15, 0.2) is 0 Å². The molecule has 0 amide bonds. The van der Waals surface area contributed by atoms with Crippen LogP contribution in [0.25, 0.3) is 0 Å². The number of hydrogen-bond acceptors (Lipinski definition) is 4. The fraction of sp³-hybridized carbons (Fsp3) is 0.875. The lowest BCUT2D eigenvalue weighted by Gasteiger charge is -2.38. The lowest BCUT2D eigenvalue weighted by atomic mass is 9.79. The Morgan fingerprint density at radius 2 is 2.00 bits per heavy atom. The van der Waals surface area contributed by atoms with E-state index in [2.05, 4.69) is 65.6 Å². The maximum atomic E-state index is 12.1. The van der Waals surface area contributed by atoms with Crippen LogP contribution < -0.4 is 5.09 Å². The summed E-state index contributed by atoms with van der Waals surface area (Å²) in [4.78, 5) is 12.1. The van der Waals surface area contributed by atoms with Gasteiger partial charge >= 0.3 is 0 Å². The van der Waals surface area contributed by atoms with E-state index in [-0.39, 0.29) is 18.4 Å². The van der Waals surface area contributed by atoms with E-state index in [0.717, 1.165) is 38.4 Å². The molecule has 3 nitrogen and oxygen atoms in total. The highest BCUT2D eigenvalue weighted by Crippen LogP contribution is 2.53. The maximum Gasteiger partial charge on any atom is 0.293 e. The van der Waals surface area contributed by atoms with Crippen molar-refractivity contribution < 1.29 is 9.45 Å². The Morgan fingerprint density at radius 3 is 2.63 bits per heavy atom. The molecular weight excluding hydrogens is 408 g/mol. The molecule has 2 fully saturated rings. The maximum absolute atomic E-state index is 12.1. The van der Waals surface area contributed by atoms with Crippen LogP contribution in [0.2, 0.25) is 6.32 Å². The molecule has 0 spiro atoms. The van der Waals surface area contributed by atoms with Crippen molar-refractivity contribution in [1.29, 1.82) is 0 Å².